The lowest BCUT2D eigenvalue weighted by atomic mass is 10.1. The van der Waals surface area contributed by atoms with Gasteiger partial charge in [0, 0.05) is 24.3 Å². The molecule has 0 saturated carbocycles. The molecule has 2 aromatic rings. The molecule has 0 aromatic heterocycles. The SMILES string of the molecule is C=CCOc1ccc(NC(=O)[C@@H]2CC(=O)N(c3ccc(C)cc3)C2)cc1. The van der Waals surface area contributed by atoms with Gasteiger partial charge in [0.25, 0.3) is 0 Å². The molecule has 0 aliphatic carbocycles. The third-order valence-electron chi connectivity index (χ3n) is 4.33. The molecule has 26 heavy (non-hydrogen) atoms. The summed E-state index contributed by atoms with van der Waals surface area (Å²) < 4.78 is 5.42. The minimum atomic E-state index is -0.361. The van der Waals surface area contributed by atoms with Crippen LogP contribution in [0.5, 0.6) is 5.75 Å². The van der Waals surface area contributed by atoms with Crippen molar-refractivity contribution in [2.75, 3.05) is 23.4 Å². The molecule has 3 rings (SSSR count). The van der Waals surface area contributed by atoms with Gasteiger partial charge in [0.2, 0.25) is 11.8 Å². The molecule has 0 spiro atoms. The molecular weight excluding hydrogens is 328 g/mol. The third-order valence-corrected chi connectivity index (χ3v) is 4.33. The van der Waals surface area contributed by atoms with E-state index >= 15 is 0 Å². The van der Waals surface area contributed by atoms with E-state index in [4.69, 9.17) is 4.74 Å². The predicted molar refractivity (Wildman–Crippen MR) is 102 cm³/mol. The second-order valence-electron chi connectivity index (χ2n) is 6.35. The summed E-state index contributed by atoms with van der Waals surface area (Å²) in [6.07, 6.45) is 1.90. The first-order valence-corrected chi connectivity index (χ1v) is 8.58. The summed E-state index contributed by atoms with van der Waals surface area (Å²) in [6, 6.07) is 14.9. The first-order chi connectivity index (χ1) is 12.6. The molecule has 134 valence electrons. The largest absolute Gasteiger partial charge is 0.490 e. The van der Waals surface area contributed by atoms with Gasteiger partial charge in [-0.05, 0) is 43.3 Å². The molecule has 1 fully saturated rings. The number of carbonyl (C=O) groups is 2. The van der Waals surface area contributed by atoms with E-state index in [2.05, 4.69) is 11.9 Å². The smallest absolute Gasteiger partial charge is 0.229 e. The average Bonchev–Trinajstić information content (AvgIpc) is 3.04. The molecule has 0 bridgehead atoms. The van der Waals surface area contributed by atoms with Gasteiger partial charge in [-0.15, -0.1) is 0 Å². The molecule has 1 saturated heterocycles. The number of hydrogen-bond acceptors (Lipinski definition) is 3. The molecule has 2 aromatic carbocycles. The van der Waals surface area contributed by atoms with Crippen LogP contribution in [0.25, 0.3) is 0 Å². The second kappa shape index (κ2) is 7.87. The van der Waals surface area contributed by atoms with Gasteiger partial charge in [-0.3, -0.25) is 9.59 Å². The maximum absolute atomic E-state index is 12.5. The number of hydrogen-bond donors (Lipinski definition) is 1. The number of carbonyl (C=O) groups excluding carboxylic acids is 2. The van der Waals surface area contributed by atoms with E-state index in [1.165, 1.54) is 0 Å². The number of aryl methyl sites for hydroxylation is 1. The Labute approximate surface area is 153 Å². The number of amides is 2. The lowest BCUT2D eigenvalue weighted by molar-refractivity contribution is -0.122. The Bertz CT molecular complexity index is 797. The monoisotopic (exact) mass is 350 g/mol. The number of nitrogens with one attached hydrogen (secondary N) is 1. The van der Waals surface area contributed by atoms with Crippen LogP contribution in [0.4, 0.5) is 11.4 Å². The Morgan fingerprint density at radius 1 is 1.23 bits per heavy atom. The zero-order valence-corrected chi connectivity index (χ0v) is 14.8. The van der Waals surface area contributed by atoms with E-state index in [9.17, 15) is 9.59 Å². The van der Waals surface area contributed by atoms with Crippen LogP contribution in [0.1, 0.15) is 12.0 Å². The third kappa shape index (κ3) is 4.11. The summed E-state index contributed by atoms with van der Waals surface area (Å²) in [5, 5.41) is 2.88. The van der Waals surface area contributed by atoms with Crippen LogP contribution in [0.15, 0.2) is 61.2 Å². The highest BCUT2D eigenvalue weighted by Gasteiger charge is 2.35. The van der Waals surface area contributed by atoms with Crippen LogP contribution in [-0.4, -0.2) is 25.0 Å². The van der Waals surface area contributed by atoms with E-state index in [1.807, 2.05) is 31.2 Å². The zero-order chi connectivity index (χ0) is 18.5. The van der Waals surface area contributed by atoms with Crippen LogP contribution in [-0.2, 0) is 9.59 Å². The van der Waals surface area contributed by atoms with Crippen molar-refractivity contribution in [1.82, 2.24) is 0 Å². The fourth-order valence-electron chi connectivity index (χ4n) is 2.89. The predicted octanol–water partition coefficient (Wildman–Crippen LogP) is 3.55. The van der Waals surface area contributed by atoms with Crippen LogP contribution >= 0.6 is 0 Å². The van der Waals surface area contributed by atoms with Crippen LogP contribution in [0, 0.1) is 12.8 Å². The Morgan fingerprint density at radius 2 is 1.92 bits per heavy atom. The summed E-state index contributed by atoms with van der Waals surface area (Å²) in [7, 11) is 0. The number of rotatable bonds is 6. The highest BCUT2D eigenvalue weighted by atomic mass is 16.5. The van der Waals surface area contributed by atoms with E-state index in [0.29, 0.717) is 24.6 Å². The van der Waals surface area contributed by atoms with E-state index in [-0.39, 0.29) is 24.2 Å². The molecule has 1 aliphatic rings. The first kappa shape index (κ1) is 17.7. The average molecular weight is 350 g/mol. The minimum Gasteiger partial charge on any atom is -0.490 e. The normalized spacial score (nSPS) is 16.4. The van der Waals surface area contributed by atoms with Gasteiger partial charge in [0.05, 0.1) is 5.92 Å². The summed E-state index contributed by atoms with van der Waals surface area (Å²) in [4.78, 5) is 26.5. The number of nitrogens with zero attached hydrogens (tertiary/aromatic N) is 1. The first-order valence-electron chi connectivity index (χ1n) is 8.58. The van der Waals surface area contributed by atoms with Gasteiger partial charge in [0.1, 0.15) is 12.4 Å². The van der Waals surface area contributed by atoms with Gasteiger partial charge in [-0.25, -0.2) is 0 Å². The quantitative estimate of drug-likeness (QED) is 0.811. The molecule has 1 atom stereocenters. The van der Waals surface area contributed by atoms with Crippen molar-refractivity contribution in [3.8, 4) is 5.75 Å². The van der Waals surface area contributed by atoms with Crippen molar-refractivity contribution in [2.45, 2.75) is 13.3 Å². The summed E-state index contributed by atoms with van der Waals surface area (Å²) in [6.45, 7) is 6.43. The molecule has 0 unspecified atom stereocenters. The molecule has 2 amide bonds. The fourth-order valence-corrected chi connectivity index (χ4v) is 2.89. The van der Waals surface area contributed by atoms with Crippen LogP contribution in [0.2, 0.25) is 0 Å². The fraction of sp³-hybridized carbons (Fsp3) is 0.238. The van der Waals surface area contributed by atoms with Crippen LogP contribution < -0.4 is 15.0 Å². The molecule has 1 aliphatic heterocycles. The van der Waals surface area contributed by atoms with Gasteiger partial charge >= 0.3 is 0 Å². The topological polar surface area (TPSA) is 58.6 Å². The van der Waals surface area contributed by atoms with Crippen molar-refractivity contribution >= 4 is 23.2 Å². The number of anilines is 2. The van der Waals surface area contributed by atoms with Gasteiger partial charge in [-0.2, -0.15) is 0 Å². The Balaban J connectivity index is 1.61. The molecule has 1 N–H and O–H groups in total. The zero-order valence-electron chi connectivity index (χ0n) is 14.8. The highest BCUT2D eigenvalue weighted by molar-refractivity contribution is 6.03. The van der Waals surface area contributed by atoms with Crippen molar-refractivity contribution in [3.05, 3.63) is 66.7 Å². The minimum absolute atomic E-state index is 0.0258. The van der Waals surface area contributed by atoms with E-state index < -0.39 is 0 Å². The maximum Gasteiger partial charge on any atom is 0.229 e. The molecule has 0 radical (unpaired) electrons. The molecule has 1 heterocycles. The Morgan fingerprint density at radius 3 is 2.58 bits per heavy atom. The van der Waals surface area contributed by atoms with E-state index in [1.54, 1.807) is 35.2 Å². The van der Waals surface area contributed by atoms with Gasteiger partial charge < -0.3 is 15.0 Å². The van der Waals surface area contributed by atoms with Crippen molar-refractivity contribution < 1.29 is 14.3 Å². The number of benzene rings is 2. The summed E-state index contributed by atoms with van der Waals surface area (Å²) in [5.74, 6) is 0.180. The number of ether oxygens (including phenoxy) is 1. The van der Waals surface area contributed by atoms with Gasteiger partial charge in [0.15, 0.2) is 0 Å². The Hall–Kier alpha value is -3.08. The van der Waals surface area contributed by atoms with Crippen molar-refractivity contribution in [3.63, 3.8) is 0 Å². The molecule has 5 nitrogen and oxygen atoms in total. The van der Waals surface area contributed by atoms with E-state index in [0.717, 1.165) is 11.3 Å². The second-order valence-corrected chi connectivity index (χ2v) is 6.35. The Kier molecular flexibility index (Phi) is 5.37. The lowest BCUT2D eigenvalue weighted by Gasteiger charge is -2.17. The molecular formula is C21H22N2O3. The summed E-state index contributed by atoms with van der Waals surface area (Å²) >= 11 is 0. The maximum atomic E-state index is 12.5. The molecule has 5 heteroatoms. The van der Waals surface area contributed by atoms with Crippen molar-refractivity contribution in [1.29, 1.82) is 0 Å². The highest BCUT2D eigenvalue weighted by Crippen LogP contribution is 2.26. The van der Waals surface area contributed by atoms with Crippen molar-refractivity contribution in [2.24, 2.45) is 5.92 Å². The summed E-state index contributed by atoms with van der Waals surface area (Å²) in [5.41, 5.74) is 2.65. The standard InChI is InChI=1S/C21H22N2O3/c1-3-12-26-19-10-6-17(7-11-19)22-21(25)16-13-20(24)23(14-16)18-8-4-15(2)5-9-18/h3-11,16H,1,12-14H2,2H3,(H,22,25)/t16-/m1/s1. The van der Waals surface area contributed by atoms with Crippen LogP contribution in [0.3, 0.4) is 0 Å². The van der Waals surface area contributed by atoms with Gasteiger partial charge in [-0.1, -0.05) is 30.4 Å². The lowest BCUT2D eigenvalue weighted by Crippen LogP contribution is -2.28.